The number of H-pyrrole nitrogens is 1. The molecule has 0 radical (unpaired) electrons. The van der Waals surface area contributed by atoms with Gasteiger partial charge in [0.15, 0.2) is 0 Å². The third-order valence-electron chi connectivity index (χ3n) is 5.99. The molecule has 8 heteroatoms. The molecule has 6 nitrogen and oxygen atoms in total. The van der Waals surface area contributed by atoms with Crippen LogP contribution in [0, 0.1) is 5.82 Å². The third-order valence-corrected chi connectivity index (χ3v) is 6.48. The van der Waals surface area contributed by atoms with Crippen molar-refractivity contribution >= 4 is 38.9 Å². The molecular formula is C26H20BrFN2O4. The zero-order valence-corrected chi connectivity index (χ0v) is 19.8. The minimum atomic E-state index is -0.542. The van der Waals surface area contributed by atoms with Gasteiger partial charge >= 0.3 is 12.1 Å². The Labute approximate surface area is 203 Å². The van der Waals surface area contributed by atoms with Crippen LogP contribution in [0.25, 0.3) is 10.9 Å². The van der Waals surface area contributed by atoms with E-state index in [4.69, 9.17) is 9.47 Å². The van der Waals surface area contributed by atoms with Gasteiger partial charge in [-0.15, -0.1) is 0 Å². The molecule has 5 rings (SSSR count). The minimum Gasteiger partial charge on any atom is -0.465 e. The van der Waals surface area contributed by atoms with Crippen LogP contribution in [0.2, 0.25) is 0 Å². The van der Waals surface area contributed by atoms with Crippen molar-refractivity contribution in [3.8, 4) is 5.75 Å². The smallest absolute Gasteiger partial charge is 0.416 e. The molecule has 0 fully saturated rings. The molecule has 0 saturated carbocycles. The highest BCUT2D eigenvalue weighted by Crippen LogP contribution is 2.39. The van der Waals surface area contributed by atoms with Crippen molar-refractivity contribution in [3.05, 3.63) is 99.4 Å². The van der Waals surface area contributed by atoms with Gasteiger partial charge in [-0.2, -0.15) is 0 Å². The Hall–Kier alpha value is -3.65. The van der Waals surface area contributed by atoms with Crippen LogP contribution >= 0.6 is 15.9 Å². The van der Waals surface area contributed by atoms with Crippen molar-refractivity contribution in [2.75, 3.05) is 13.7 Å². The molecule has 4 aromatic rings. The maximum absolute atomic E-state index is 13.3. The van der Waals surface area contributed by atoms with Crippen molar-refractivity contribution in [1.82, 2.24) is 9.88 Å². The quantitative estimate of drug-likeness (QED) is 0.335. The van der Waals surface area contributed by atoms with E-state index in [9.17, 15) is 14.0 Å². The first kappa shape index (κ1) is 22.2. The molecule has 1 atom stereocenters. The lowest BCUT2D eigenvalue weighted by Gasteiger charge is -2.35. The highest BCUT2D eigenvalue weighted by atomic mass is 79.9. The number of hydrogen-bond acceptors (Lipinski definition) is 4. The monoisotopic (exact) mass is 522 g/mol. The number of benzene rings is 3. The average Bonchev–Trinajstić information content (AvgIpc) is 3.22. The fourth-order valence-electron chi connectivity index (χ4n) is 4.39. The molecule has 1 unspecified atom stereocenters. The van der Waals surface area contributed by atoms with E-state index in [-0.39, 0.29) is 5.75 Å². The lowest BCUT2D eigenvalue weighted by atomic mass is 9.92. The van der Waals surface area contributed by atoms with E-state index >= 15 is 0 Å². The molecule has 172 valence electrons. The molecule has 1 aliphatic rings. The van der Waals surface area contributed by atoms with Crippen molar-refractivity contribution < 1.29 is 23.5 Å². The summed E-state index contributed by atoms with van der Waals surface area (Å²) in [5, 5.41) is 1.09. The number of aromatic nitrogens is 1. The second kappa shape index (κ2) is 8.95. The van der Waals surface area contributed by atoms with Gasteiger partial charge in [0.05, 0.1) is 12.7 Å². The van der Waals surface area contributed by atoms with Gasteiger partial charge in [0.2, 0.25) is 0 Å². The highest BCUT2D eigenvalue weighted by Gasteiger charge is 2.35. The molecule has 0 saturated heterocycles. The van der Waals surface area contributed by atoms with Gasteiger partial charge in [-0.1, -0.05) is 28.1 Å². The maximum Gasteiger partial charge on any atom is 0.416 e. The Morgan fingerprint density at radius 3 is 2.50 bits per heavy atom. The van der Waals surface area contributed by atoms with Crippen molar-refractivity contribution in [1.29, 1.82) is 0 Å². The van der Waals surface area contributed by atoms with E-state index in [0.717, 1.165) is 32.2 Å². The van der Waals surface area contributed by atoms with Gasteiger partial charge in [0.1, 0.15) is 17.6 Å². The molecule has 34 heavy (non-hydrogen) atoms. The molecule has 1 amide bonds. The van der Waals surface area contributed by atoms with Gasteiger partial charge in [-0.3, -0.25) is 4.90 Å². The maximum atomic E-state index is 13.3. The average molecular weight is 523 g/mol. The Balaban J connectivity index is 1.57. The summed E-state index contributed by atoms with van der Waals surface area (Å²) >= 11 is 3.54. The normalized spacial score (nSPS) is 15.1. The number of nitrogens with zero attached hydrogens (tertiary/aromatic N) is 1. The summed E-state index contributed by atoms with van der Waals surface area (Å²) < 4.78 is 24.6. The first-order chi connectivity index (χ1) is 16.4. The standard InChI is InChI=1S/C26H20BrFN2O4/c1-33-25(31)16-4-2-15(3-5-16)24-23-20(21-14-17(27)6-11-22(21)29-23)12-13-30(24)26(32)34-19-9-7-18(28)8-10-19/h2-11,14,24,29H,12-13H2,1H3. The lowest BCUT2D eigenvalue weighted by Crippen LogP contribution is -2.42. The molecule has 0 spiro atoms. The summed E-state index contributed by atoms with van der Waals surface area (Å²) in [5.74, 6) is -0.577. The van der Waals surface area contributed by atoms with Crippen LogP contribution in [0.5, 0.6) is 5.75 Å². The van der Waals surface area contributed by atoms with Crippen LogP contribution in [0.1, 0.15) is 33.2 Å². The number of ether oxygens (including phenoxy) is 2. The summed E-state index contributed by atoms with van der Waals surface area (Å²) in [6.45, 7) is 0.427. The van der Waals surface area contributed by atoms with Crippen LogP contribution in [0.3, 0.4) is 0 Å². The second-order valence-corrected chi connectivity index (χ2v) is 8.90. The number of nitrogens with one attached hydrogen (secondary N) is 1. The number of hydrogen-bond donors (Lipinski definition) is 1. The number of amides is 1. The summed E-state index contributed by atoms with van der Waals surface area (Å²) in [6, 6.07) is 17.9. The zero-order chi connectivity index (χ0) is 23.8. The number of rotatable bonds is 3. The number of carbonyl (C=O) groups excluding carboxylic acids is 2. The second-order valence-electron chi connectivity index (χ2n) is 7.99. The topological polar surface area (TPSA) is 71.6 Å². The SMILES string of the molecule is COC(=O)c1ccc(C2c3[nH]c4ccc(Br)cc4c3CCN2C(=O)Oc2ccc(F)cc2)cc1. The van der Waals surface area contributed by atoms with E-state index in [1.165, 1.54) is 31.4 Å². The number of halogens is 2. The van der Waals surface area contributed by atoms with Crippen LogP contribution in [0.4, 0.5) is 9.18 Å². The van der Waals surface area contributed by atoms with Crippen LogP contribution < -0.4 is 4.74 Å². The first-order valence-electron chi connectivity index (χ1n) is 10.7. The van der Waals surface area contributed by atoms with Gasteiger partial charge < -0.3 is 14.5 Å². The Kier molecular flexibility index (Phi) is 5.83. The van der Waals surface area contributed by atoms with Crippen LogP contribution in [-0.4, -0.2) is 35.6 Å². The van der Waals surface area contributed by atoms with E-state index < -0.39 is 23.9 Å². The third kappa shape index (κ3) is 4.05. The molecule has 1 aromatic heterocycles. The van der Waals surface area contributed by atoms with E-state index in [2.05, 4.69) is 27.0 Å². The molecule has 2 heterocycles. The van der Waals surface area contributed by atoms with Gasteiger partial charge in [-0.25, -0.2) is 14.0 Å². The number of aromatic amines is 1. The number of fused-ring (bicyclic) bond motifs is 3. The highest BCUT2D eigenvalue weighted by molar-refractivity contribution is 9.10. The first-order valence-corrected chi connectivity index (χ1v) is 11.5. The van der Waals surface area contributed by atoms with E-state index in [1.54, 1.807) is 17.0 Å². The Morgan fingerprint density at radius 2 is 1.79 bits per heavy atom. The zero-order valence-electron chi connectivity index (χ0n) is 18.2. The molecule has 0 aliphatic carbocycles. The van der Waals surface area contributed by atoms with Crippen molar-refractivity contribution in [2.45, 2.75) is 12.5 Å². The van der Waals surface area contributed by atoms with Gasteiger partial charge in [0.25, 0.3) is 0 Å². The predicted molar refractivity (Wildman–Crippen MR) is 128 cm³/mol. The summed E-state index contributed by atoms with van der Waals surface area (Å²) in [5.41, 5.74) is 4.22. The summed E-state index contributed by atoms with van der Waals surface area (Å²) in [6.07, 6.45) is 0.0975. The van der Waals surface area contributed by atoms with Crippen LogP contribution in [0.15, 0.2) is 71.2 Å². The van der Waals surface area contributed by atoms with Crippen molar-refractivity contribution in [2.24, 2.45) is 0 Å². The predicted octanol–water partition coefficient (Wildman–Crippen LogP) is 6.00. The fraction of sp³-hybridized carbons (Fsp3) is 0.154. The summed E-state index contributed by atoms with van der Waals surface area (Å²) in [7, 11) is 1.33. The van der Waals surface area contributed by atoms with Gasteiger partial charge in [-0.05, 0) is 72.1 Å². The lowest BCUT2D eigenvalue weighted by molar-refractivity contribution is 0.0600. The Morgan fingerprint density at radius 1 is 1.06 bits per heavy atom. The number of carbonyl (C=O) groups is 2. The van der Waals surface area contributed by atoms with Gasteiger partial charge in [0, 0.05) is 27.6 Å². The largest absolute Gasteiger partial charge is 0.465 e. The Bertz CT molecular complexity index is 1380. The summed E-state index contributed by atoms with van der Waals surface area (Å²) in [4.78, 5) is 30.3. The van der Waals surface area contributed by atoms with Crippen LogP contribution in [-0.2, 0) is 11.2 Å². The molecule has 0 bridgehead atoms. The molecule has 1 aliphatic heterocycles. The molecular weight excluding hydrogens is 503 g/mol. The number of esters is 1. The van der Waals surface area contributed by atoms with E-state index in [0.29, 0.717) is 18.5 Å². The fourth-order valence-corrected chi connectivity index (χ4v) is 4.75. The van der Waals surface area contributed by atoms with E-state index in [1.807, 2.05) is 24.3 Å². The molecule has 1 N–H and O–H groups in total. The number of methoxy groups -OCH3 is 1. The van der Waals surface area contributed by atoms with Crippen molar-refractivity contribution in [3.63, 3.8) is 0 Å². The minimum absolute atomic E-state index is 0.262. The molecule has 3 aromatic carbocycles.